The minimum absolute atomic E-state index is 0. The molecule has 25 heavy (non-hydrogen) atoms. The van der Waals surface area contributed by atoms with Crippen LogP contribution in [0.15, 0.2) is 0 Å². The van der Waals surface area contributed by atoms with Crippen LogP contribution in [-0.2, 0) is 19.2 Å². The van der Waals surface area contributed by atoms with Crippen LogP contribution in [0.5, 0.6) is 0 Å². The van der Waals surface area contributed by atoms with Gasteiger partial charge in [0.1, 0.15) is 0 Å². The van der Waals surface area contributed by atoms with Gasteiger partial charge in [-0.2, -0.15) is 0 Å². The molecule has 0 aromatic rings. The molecular formula is C10H28CaN2Na2O10. The van der Waals surface area contributed by atoms with E-state index in [-0.39, 0.29) is 108 Å². The van der Waals surface area contributed by atoms with Crippen molar-refractivity contribution in [2.75, 3.05) is 13.1 Å². The van der Waals surface area contributed by atoms with E-state index in [2.05, 4.69) is 0 Å². The van der Waals surface area contributed by atoms with Crippen LogP contribution < -0.4 is 11.5 Å². The summed E-state index contributed by atoms with van der Waals surface area (Å²) in [5.74, 6) is -3.33. The van der Waals surface area contributed by atoms with Crippen LogP contribution in [0.2, 0.25) is 0 Å². The molecule has 15 heteroatoms. The number of aliphatic carboxylic acids is 4. The summed E-state index contributed by atoms with van der Waals surface area (Å²) in [5, 5.41) is 29.7. The van der Waals surface area contributed by atoms with Gasteiger partial charge >= 0.3 is 0 Å². The molecule has 0 heterocycles. The first-order valence-corrected chi connectivity index (χ1v) is 5.03. The van der Waals surface area contributed by atoms with E-state index in [1.165, 1.54) is 0 Å². The monoisotopic (exact) mass is 422 g/mol. The third kappa shape index (κ3) is 3370. The molecule has 0 bridgehead atoms. The minimum Gasteiger partial charge on any atom is -0.481 e. The van der Waals surface area contributed by atoms with Crippen molar-refractivity contribution in [2.24, 2.45) is 11.5 Å². The fourth-order valence-corrected chi connectivity index (χ4v) is 0. The van der Waals surface area contributed by atoms with E-state index < -0.39 is 23.9 Å². The van der Waals surface area contributed by atoms with Crippen LogP contribution in [0.4, 0.5) is 0 Å². The number of hydrogen-bond donors (Lipinski definition) is 6. The number of hydrogen-bond acceptors (Lipinski definition) is 6. The van der Waals surface area contributed by atoms with Crippen LogP contribution in [0.3, 0.4) is 0 Å². The van der Waals surface area contributed by atoms with Crippen molar-refractivity contribution in [3.63, 3.8) is 0 Å². The Bertz CT molecular complexity index is 208. The van der Waals surface area contributed by atoms with Crippen LogP contribution in [0.1, 0.15) is 27.7 Å². The maximum absolute atomic E-state index is 9.00. The van der Waals surface area contributed by atoms with Gasteiger partial charge < -0.3 is 42.8 Å². The van der Waals surface area contributed by atoms with E-state index in [1.54, 1.807) is 0 Å². The van der Waals surface area contributed by atoms with Gasteiger partial charge in [-0.05, 0) is 0 Å². The van der Waals surface area contributed by atoms with Crippen molar-refractivity contribution >= 4 is 121 Å². The molecule has 0 spiro atoms. The van der Waals surface area contributed by atoms with E-state index >= 15 is 0 Å². The summed E-state index contributed by atoms with van der Waals surface area (Å²) in [6.45, 7) is 5.53. The summed E-state index contributed by atoms with van der Waals surface area (Å²) < 4.78 is 0. The molecule has 12 nitrogen and oxygen atoms in total. The third-order valence-corrected chi connectivity index (χ3v) is 0.167. The first-order valence-electron chi connectivity index (χ1n) is 5.03. The van der Waals surface area contributed by atoms with Crippen molar-refractivity contribution in [1.82, 2.24) is 0 Å². The predicted octanol–water partition coefficient (Wildman–Crippen LogP) is -3.52. The number of carbonyl (C=O) groups is 4. The van der Waals surface area contributed by atoms with Gasteiger partial charge in [0.05, 0.1) is 0 Å². The summed E-state index contributed by atoms with van der Waals surface area (Å²) >= 11 is 0. The topological polar surface area (TPSA) is 264 Å². The average Bonchev–Trinajstić information content (AvgIpc) is 2.13. The molecule has 12 N–H and O–H groups in total. The third-order valence-electron chi connectivity index (χ3n) is 0.167. The molecule has 0 aromatic carbocycles. The van der Waals surface area contributed by atoms with Crippen molar-refractivity contribution in [1.29, 1.82) is 0 Å². The van der Waals surface area contributed by atoms with Crippen molar-refractivity contribution in [3.05, 3.63) is 0 Å². The van der Waals surface area contributed by atoms with Crippen molar-refractivity contribution < 1.29 is 50.6 Å². The second-order valence-electron chi connectivity index (χ2n) is 2.65. The van der Waals surface area contributed by atoms with Gasteiger partial charge in [-0.15, -0.1) is 0 Å². The zero-order valence-corrected chi connectivity index (χ0v) is 21.9. The maximum atomic E-state index is 9.00. The SMILES string of the molecule is CC(=O)O.CC(=O)O.CC(=O)O.CC(=O)O.NCCN.O.O.[Ca].[Na].[Na]. The Hall–Kier alpha value is 0.980. The van der Waals surface area contributed by atoms with E-state index in [1.807, 2.05) is 0 Å². The van der Waals surface area contributed by atoms with Gasteiger partial charge in [0.25, 0.3) is 23.9 Å². The molecule has 0 saturated carbocycles. The molecule has 0 saturated heterocycles. The van der Waals surface area contributed by atoms with Crippen LogP contribution in [0.25, 0.3) is 0 Å². The number of carboxylic acid groups (broad SMARTS) is 4. The summed E-state index contributed by atoms with van der Waals surface area (Å²) in [7, 11) is 0. The molecule has 0 amide bonds. The van der Waals surface area contributed by atoms with Crippen LogP contribution in [-0.4, -0.2) is 165 Å². The summed E-state index contributed by atoms with van der Waals surface area (Å²) in [6, 6.07) is 0. The van der Waals surface area contributed by atoms with E-state index in [0.717, 1.165) is 27.7 Å². The zero-order chi connectivity index (χ0) is 17.7. The second-order valence-corrected chi connectivity index (χ2v) is 2.65. The largest absolute Gasteiger partial charge is 0.481 e. The summed E-state index contributed by atoms with van der Waals surface area (Å²) in [4.78, 5) is 36.0. The quantitative estimate of drug-likeness (QED) is 0.227. The molecule has 0 unspecified atom stereocenters. The summed E-state index contributed by atoms with van der Waals surface area (Å²) in [6.07, 6.45) is 0. The normalized spacial score (nSPS) is 5.20. The van der Waals surface area contributed by atoms with E-state index in [0.29, 0.717) is 13.1 Å². The van der Waals surface area contributed by atoms with Gasteiger partial charge in [0.15, 0.2) is 0 Å². The molecular weight excluding hydrogens is 394 g/mol. The Labute approximate surface area is 220 Å². The fraction of sp³-hybridized carbons (Fsp3) is 0.600. The zero-order valence-electron chi connectivity index (χ0n) is 15.7. The number of rotatable bonds is 1. The molecule has 0 aliphatic heterocycles. The molecule has 142 valence electrons. The first-order chi connectivity index (χ1) is 8.84. The van der Waals surface area contributed by atoms with Gasteiger partial charge in [-0.25, -0.2) is 0 Å². The predicted molar refractivity (Wildman–Crippen MR) is 95.8 cm³/mol. The Morgan fingerprint density at radius 3 is 0.640 bits per heavy atom. The maximum Gasteiger partial charge on any atom is 0.300 e. The molecule has 0 aliphatic carbocycles. The molecule has 4 radical (unpaired) electrons. The molecule has 0 aromatic heterocycles. The second kappa shape index (κ2) is 64.0. The Balaban J connectivity index is -0.0000000134. The van der Waals surface area contributed by atoms with E-state index in [4.69, 9.17) is 51.1 Å². The summed E-state index contributed by atoms with van der Waals surface area (Å²) in [5.41, 5.74) is 9.81. The minimum atomic E-state index is -0.833. The van der Waals surface area contributed by atoms with E-state index in [9.17, 15) is 0 Å². The van der Waals surface area contributed by atoms with Crippen LogP contribution >= 0.6 is 0 Å². The molecule has 0 rings (SSSR count). The Kier molecular flexibility index (Phi) is 163. The fourth-order valence-electron chi connectivity index (χ4n) is 0. The van der Waals surface area contributed by atoms with Gasteiger partial charge in [-0.1, -0.05) is 0 Å². The Morgan fingerprint density at radius 1 is 0.600 bits per heavy atom. The smallest absolute Gasteiger partial charge is 0.300 e. The average molecular weight is 422 g/mol. The van der Waals surface area contributed by atoms with Gasteiger partial charge in [0.2, 0.25) is 0 Å². The standard InChI is InChI=1S/C2H8N2.4C2H4O2.Ca.2Na.2H2O/c3-1-2-4;4*1-2(3)4;;;;;/h1-4H2;4*1H3,(H,3,4);;;;2*1H2. The van der Waals surface area contributed by atoms with Crippen molar-refractivity contribution in [3.8, 4) is 0 Å². The Morgan fingerprint density at radius 2 is 0.640 bits per heavy atom. The molecule has 0 aliphatic rings. The van der Waals surface area contributed by atoms with Crippen molar-refractivity contribution in [2.45, 2.75) is 27.7 Å². The number of carboxylic acids is 4. The van der Waals surface area contributed by atoms with Gasteiger partial charge in [0, 0.05) is 138 Å². The first kappa shape index (κ1) is 63.5. The van der Waals surface area contributed by atoms with Gasteiger partial charge in [-0.3, -0.25) is 19.2 Å². The molecule has 0 atom stereocenters. The number of nitrogens with two attached hydrogens (primary N) is 2. The van der Waals surface area contributed by atoms with Crippen LogP contribution in [0, 0.1) is 0 Å². The molecule has 0 fully saturated rings.